The number of rotatable bonds is 16. The molecular weight excluding hydrogens is 1110 g/mol. The molecule has 4 aliphatic rings. The van der Waals surface area contributed by atoms with Crippen LogP contribution in [0.2, 0.25) is 20.1 Å². The van der Waals surface area contributed by atoms with E-state index in [1.807, 2.05) is 0 Å². The van der Waals surface area contributed by atoms with Crippen LogP contribution in [0.25, 0.3) is 0 Å². The minimum Gasteiger partial charge on any atom is -0.481 e. The summed E-state index contributed by atoms with van der Waals surface area (Å²) in [6.45, 7) is 9.59. The molecule has 0 radical (unpaired) electrons. The predicted octanol–water partition coefficient (Wildman–Crippen LogP) is 11.2. The third-order valence-corrected chi connectivity index (χ3v) is 20.6. The summed E-state index contributed by atoms with van der Waals surface area (Å²) in [6.07, 6.45) is -3.03. The van der Waals surface area contributed by atoms with Gasteiger partial charge in [0.25, 0.3) is 11.8 Å². The molecule has 2 saturated heterocycles. The quantitative estimate of drug-likeness (QED) is 0.108. The summed E-state index contributed by atoms with van der Waals surface area (Å²) in [7, 11) is -7.38. The van der Waals surface area contributed by atoms with E-state index in [9.17, 15) is 55.0 Å². The Morgan fingerprint density at radius 2 is 0.921 bits per heavy atom. The lowest BCUT2D eigenvalue weighted by molar-refractivity contribution is -0.183. The third-order valence-electron chi connectivity index (χ3n) is 14.2. The van der Waals surface area contributed by atoms with Gasteiger partial charge in [-0.05, 0) is 150 Å². The SMILES string of the molecule is CC(C)(C)S(=O)(=O)C[C@H](C1CC1)N1C(=O)[C@@H](CC(=O)O)O[C@H](c2cccc(Cl)c2)[C@H]1c1ccc(Cl)c(F)c1.CC(C)(C)S(=O)(=O)C[C@H](C1CC1)N1C(=O)[C@H](CC(=O)O)O[C@H](c2cccc(Cl)c2)[C@H]1c1ccc(Cl)c(F)c1. The van der Waals surface area contributed by atoms with Gasteiger partial charge in [0.1, 0.15) is 36.1 Å². The Hall–Kier alpha value is -4.40. The maximum Gasteiger partial charge on any atom is 0.306 e. The maximum absolute atomic E-state index is 14.7. The molecular formula is C54H60Cl4F2N2O12S2. The molecule has 4 fully saturated rings. The number of carboxylic acids is 2. The number of carbonyl (C=O) groups excluding carboxylic acids is 2. The van der Waals surface area contributed by atoms with E-state index in [2.05, 4.69) is 0 Å². The summed E-state index contributed by atoms with van der Waals surface area (Å²) in [5.41, 5.74) is 1.77. The molecule has 2 N–H and O–H groups in total. The van der Waals surface area contributed by atoms with Crippen LogP contribution in [0.1, 0.15) is 127 Å². The number of carbonyl (C=O) groups is 4. The van der Waals surface area contributed by atoms with Gasteiger partial charge in [-0.1, -0.05) is 82.8 Å². The average Bonchev–Trinajstić information content (AvgIpc) is 4.26. The molecule has 4 aromatic carbocycles. The van der Waals surface area contributed by atoms with Gasteiger partial charge in [0.05, 0.1) is 56.0 Å². The summed E-state index contributed by atoms with van der Waals surface area (Å²) in [5.74, 6) is -6.05. The number of sulfone groups is 2. The lowest BCUT2D eigenvalue weighted by atomic mass is 9.89. The number of benzene rings is 4. The largest absolute Gasteiger partial charge is 0.481 e. The fourth-order valence-electron chi connectivity index (χ4n) is 9.60. The van der Waals surface area contributed by atoms with Crippen molar-refractivity contribution in [1.82, 2.24) is 9.80 Å². The lowest BCUT2D eigenvalue weighted by Gasteiger charge is -2.48. The molecule has 0 aromatic heterocycles. The predicted molar refractivity (Wildman–Crippen MR) is 285 cm³/mol. The van der Waals surface area contributed by atoms with Crippen LogP contribution in [-0.2, 0) is 48.3 Å². The second-order valence-corrected chi connectivity index (χ2v) is 29.0. The number of halogens is 6. The number of amides is 2. The van der Waals surface area contributed by atoms with Gasteiger partial charge in [-0.25, -0.2) is 25.6 Å². The summed E-state index contributed by atoms with van der Waals surface area (Å²) in [6, 6.07) is 18.2. The van der Waals surface area contributed by atoms with E-state index < -0.39 is 126 Å². The minimum absolute atomic E-state index is 0.111. The van der Waals surface area contributed by atoms with E-state index in [1.165, 1.54) is 34.1 Å². The average molecular weight is 1170 g/mol. The van der Waals surface area contributed by atoms with Gasteiger partial charge >= 0.3 is 11.9 Å². The Morgan fingerprint density at radius 1 is 0.579 bits per heavy atom. The molecule has 0 bridgehead atoms. The van der Waals surface area contributed by atoms with Gasteiger partial charge in [-0.3, -0.25) is 19.2 Å². The Balaban J connectivity index is 0.000000221. The standard InChI is InChI=1S/2C27H30Cl2FNO6S/c2*1-27(2,3)38(35,36)14-21(15-7-8-15)31-24(16-9-10-19(29)20(30)12-16)25(17-5-4-6-18(28)11-17)37-22(26(31)34)13-23(32)33/h2*4-6,9-12,15,21-22,24-25H,7-8,13-14H2,1-3H3,(H,32,33)/t21-,22+,24-,25-;21-,22-,24-,25-/m11/s1. The molecule has 0 spiro atoms. The van der Waals surface area contributed by atoms with E-state index in [0.717, 1.165) is 0 Å². The summed E-state index contributed by atoms with van der Waals surface area (Å²) < 4.78 is 93.1. The highest BCUT2D eigenvalue weighted by Gasteiger charge is 2.54. The highest BCUT2D eigenvalue weighted by Crippen LogP contribution is 2.51. The van der Waals surface area contributed by atoms with E-state index in [0.29, 0.717) is 58.0 Å². The van der Waals surface area contributed by atoms with Crippen molar-refractivity contribution in [2.24, 2.45) is 11.8 Å². The van der Waals surface area contributed by atoms with Gasteiger partial charge in [0.2, 0.25) is 0 Å². The molecule has 8 atom stereocenters. The lowest BCUT2D eigenvalue weighted by Crippen LogP contribution is -2.58. The zero-order valence-electron chi connectivity index (χ0n) is 42.5. The van der Waals surface area contributed by atoms with Crippen LogP contribution in [-0.4, -0.2) is 106 Å². The maximum atomic E-state index is 14.7. The van der Waals surface area contributed by atoms with Crippen molar-refractivity contribution in [1.29, 1.82) is 0 Å². The van der Waals surface area contributed by atoms with E-state index >= 15 is 0 Å². The third kappa shape index (κ3) is 13.5. The Bertz CT molecular complexity index is 2890. The zero-order chi connectivity index (χ0) is 56.0. The monoisotopic (exact) mass is 1170 g/mol. The highest BCUT2D eigenvalue weighted by molar-refractivity contribution is 7.93. The Morgan fingerprint density at radius 3 is 1.20 bits per heavy atom. The number of hydrogen-bond acceptors (Lipinski definition) is 10. The van der Waals surface area contributed by atoms with Crippen LogP contribution in [0.3, 0.4) is 0 Å². The Kier molecular flexibility index (Phi) is 18.0. The van der Waals surface area contributed by atoms with Crippen molar-refractivity contribution >= 4 is 89.8 Å². The number of hydrogen-bond donors (Lipinski definition) is 2. The summed E-state index contributed by atoms with van der Waals surface area (Å²) >= 11 is 24.4. The van der Waals surface area contributed by atoms with Gasteiger partial charge in [0.15, 0.2) is 19.7 Å². The summed E-state index contributed by atoms with van der Waals surface area (Å²) in [4.78, 5) is 54.2. The first kappa shape index (κ1) is 59.3. The highest BCUT2D eigenvalue weighted by atomic mass is 35.5. The molecule has 2 aliphatic carbocycles. The zero-order valence-corrected chi connectivity index (χ0v) is 47.1. The number of aliphatic carboxylic acids is 2. The molecule has 2 heterocycles. The molecule has 14 nitrogen and oxygen atoms in total. The van der Waals surface area contributed by atoms with Crippen LogP contribution < -0.4 is 0 Å². The fraction of sp³-hybridized carbons (Fsp3) is 0.481. The minimum atomic E-state index is -3.69. The second-order valence-electron chi connectivity index (χ2n) is 21.7. The van der Waals surface area contributed by atoms with Crippen molar-refractivity contribution in [2.45, 2.75) is 138 Å². The van der Waals surface area contributed by atoms with Gasteiger partial charge in [-0.2, -0.15) is 0 Å². The van der Waals surface area contributed by atoms with Crippen LogP contribution in [0.4, 0.5) is 8.78 Å². The molecule has 412 valence electrons. The first-order valence-corrected chi connectivity index (χ1v) is 29.4. The van der Waals surface area contributed by atoms with Crippen molar-refractivity contribution in [3.8, 4) is 0 Å². The molecule has 2 amide bonds. The molecule has 76 heavy (non-hydrogen) atoms. The molecule has 22 heteroatoms. The van der Waals surface area contributed by atoms with Gasteiger partial charge in [-0.15, -0.1) is 0 Å². The first-order chi connectivity index (χ1) is 35.4. The van der Waals surface area contributed by atoms with E-state index in [-0.39, 0.29) is 33.4 Å². The van der Waals surface area contributed by atoms with E-state index in [1.54, 1.807) is 102 Å². The van der Waals surface area contributed by atoms with Crippen LogP contribution >= 0.6 is 46.4 Å². The molecule has 2 saturated carbocycles. The Labute approximate surface area is 461 Å². The molecule has 8 rings (SSSR count). The van der Waals surface area contributed by atoms with Crippen molar-refractivity contribution in [2.75, 3.05) is 11.5 Å². The van der Waals surface area contributed by atoms with Gasteiger partial charge < -0.3 is 29.5 Å². The van der Waals surface area contributed by atoms with Gasteiger partial charge in [0, 0.05) is 22.1 Å². The van der Waals surface area contributed by atoms with Crippen LogP contribution in [0.15, 0.2) is 84.9 Å². The van der Waals surface area contributed by atoms with Crippen molar-refractivity contribution in [3.63, 3.8) is 0 Å². The number of ether oxygens (including phenoxy) is 2. The number of carboxylic acid groups (broad SMARTS) is 2. The van der Waals surface area contributed by atoms with Crippen LogP contribution in [0.5, 0.6) is 0 Å². The number of nitrogens with zero attached hydrogens (tertiary/aromatic N) is 2. The van der Waals surface area contributed by atoms with Crippen LogP contribution in [0, 0.1) is 23.5 Å². The molecule has 0 unspecified atom stereocenters. The smallest absolute Gasteiger partial charge is 0.306 e. The van der Waals surface area contributed by atoms with Crippen molar-refractivity contribution in [3.05, 3.63) is 139 Å². The summed E-state index contributed by atoms with van der Waals surface area (Å²) in [5, 5.41) is 19.6. The second kappa shape index (κ2) is 23.1. The molecule has 4 aromatic rings. The van der Waals surface area contributed by atoms with Crippen molar-refractivity contribution < 1.29 is 64.5 Å². The molecule has 2 aliphatic heterocycles. The fourth-order valence-corrected chi connectivity index (χ4v) is 13.0. The number of morpholine rings is 2. The topological polar surface area (TPSA) is 202 Å². The van der Waals surface area contributed by atoms with E-state index in [4.69, 9.17) is 55.9 Å². The first-order valence-electron chi connectivity index (χ1n) is 24.6. The normalized spacial score (nSPS) is 23.4.